The lowest BCUT2D eigenvalue weighted by Crippen LogP contribution is -2.39. The highest BCUT2D eigenvalue weighted by molar-refractivity contribution is 5.80. The molecule has 0 bridgehead atoms. The molecule has 9 heteroatoms. The van der Waals surface area contributed by atoms with Crippen molar-refractivity contribution in [3.8, 4) is 5.75 Å². The fraction of sp³-hybridized carbons (Fsp3) is 0.579. The third-order valence-electron chi connectivity index (χ3n) is 4.18. The summed E-state index contributed by atoms with van der Waals surface area (Å²) < 4.78 is 42.1. The van der Waals surface area contributed by atoms with Crippen molar-refractivity contribution in [1.29, 1.82) is 0 Å². The van der Waals surface area contributed by atoms with Crippen molar-refractivity contribution in [3.05, 3.63) is 29.8 Å². The summed E-state index contributed by atoms with van der Waals surface area (Å²) in [5, 5.41) is 6.29. The molecule has 1 aromatic rings. The number of alkyl halides is 3. The van der Waals surface area contributed by atoms with Gasteiger partial charge in [-0.1, -0.05) is 18.2 Å². The molecular formula is C19H27F3N4O2. The van der Waals surface area contributed by atoms with Gasteiger partial charge in [0.2, 0.25) is 5.91 Å². The summed E-state index contributed by atoms with van der Waals surface area (Å²) in [6, 6.07) is 6.56. The molecule has 0 radical (unpaired) electrons. The van der Waals surface area contributed by atoms with Crippen LogP contribution in [0.5, 0.6) is 5.75 Å². The van der Waals surface area contributed by atoms with Gasteiger partial charge in [0.25, 0.3) is 0 Å². The summed E-state index contributed by atoms with van der Waals surface area (Å²) in [4.78, 5) is 17.9. The quantitative estimate of drug-likeness (QED) is 0.380. The van der Waals surface area contributed by atoms with Crippen LogP contribution in [0.2, 0.25) is 0 Å². The van der Waals surface area contributed by atoms with Crippen molar-refractivity contribution < 1.29 is 22.7 Å². The monoisotopic (exact) mass is 400 g/mol. The van der Waals surface area contributed by atoms with Gasteiger partial charge >= 0.3 is 6.18 Å². The number of rotatable bonds is 9. The molecule has 0 aliphatic carbocycles. The maximum Gasteiger partial charge on any atom is 0.422 e. The van der Waals surface area contributed by atoms with Crippen LogP contribution in [0.15, 0.2) is 29.3 Å². The molecule has 0 spiro atoms. The molecule has 2 N–H and O–H groups in total. The van der Waals surface area contributed by atoms with Gasteiger partial charge in [-0.3, -0.25) is 4.79 Å². The highest BCUT2D eigenvalue weighted by atomic mass is 19.4. The average molecular weight is 400 g/mol. The second-order valence-corrected chi connectivity index (χ2v) is 6.47. The van der Waals surface area contributed by atoms with Crippen molar-refractivity contribution in [3.63, 3.8) is 0 Å². The van der Waals surface area contributed by atoms with E-state index in [1.807, 2.05) is 11.8 Å². The molecule has 1 fully saturated rings. The van der Waals surface area contributed by atoms with Crippen molar-refractivity contribution in [1.82, 2.24) is 15.5 Å². The van der Waals surface area contributed by atoms with E-state index in [1.54, 1.807) is 18.2 Å². The van der Waals surface area contributed by atoms with Crippen LogP contribution in [0.25, 0.3) is 0 Å². The predicted molar refractivity (Wildman–Crippen MR) is 101 cm³/mol. The molecule has 0 atom stereocenters. The molecule has 1 aliphatic rings. The minimum absolute atomic E-state index is 0.173. The molecule has 1 aliphatic heterocycles. The Hall–Kier alpha value is -2.45. The van der Waals surface area contributed by atoms with Crippen LogP contribution in [-0.4, -0.2) is 55.7 Å². The number of nitrogens with zero attached hydrogens (tertiary/aromatic N) is 2. The fourth-order valence-electron chi connectivity index (χ4n) is 2.86. The van der Waals surface area contributed by atoms with Gasteiger partial charge in [0, 0.05) is 38.2 Å². The summed E-state index contributed by atoms with van der Waals surface area (Å²) in [5.74, 6) is 0.948. The second kappa shape index (κ2) is 10.8. The Morgan fingerprint density at radius 1 is 1.29 bits per heavy atom. The SMILES string of the molecule is CCNC(=NCc1ccccc1OCC(F)(F)F)NCCCN1CCCC1=O. The van der Waals surface area contributed by atoms with Crippen LogP contribution in [0.1, 0.15) is 31.7 Å². The minimum atomic E-state index is -4.39. The van der Waals surface area contributed by atoms with E-state index in [1.165, 1.54) is 6.07 Å². The average Bonchev–Trinajstić information content (AvgIpc) is 3.06. The van der Waals surface area contributed by atoms with Crippen molar-refractivity contribution >= 4 is 11.9 Å². The molecule has 2 rings (SSSR count). The maximum atomic E-state index is 12.4. The molecular weight excluding hydrogens is 373 g/mol. The Kier molecular flexibility index (Phi) is 8.41. The molecule has 1 heterocycles. The summed E-state index contributed by atoms with van der Waals surface area (Å²) in [6.07, 6.45) is -2.04. The third kappa shape index (κ3) is 7.66. The number of aliphatic imine (C=N–C) groups is 1. The molecule has 0 unspecified atom stereocenters. The lowest BCUT2D eigenvalue weighted by molar-refractivity contribution is -0.153. The smallest absolute Gasteiger partial charge is 0.422 e. The fourth-order valence-corrected chi connectivity index (χ4v) is 2.86. The number of likely N-dealkylation sites (tertiary alicyclic amines) is 1. The van der Waals surface area contributed by atoms with Gasteiger partial charge in [0.1, 0.15) is 5.75 Å². The van der Waals surface area contributed by atoms with E-state index < -0.39 is 12.8 Å². The van der Waals surface area contributed by atoms with Crippen LogP contribution in [0.3, 0.4) is 0 Å². The lowest BCUT2D eigenvalue weighted by Gasteiger charge is -2.16. The number of amides is 1. The Balaban J connectivity index is 1.86. The first-order valence-corrected chi connectivity index (χ1v) is 9.46. The minimum Gasteiger partial charge on any atom is -0.484 e. The number of carbonyl (C=O) groups is 1. The summed E-state index contributed by atoms with van der Waals surface area (Å²) >= 11 is 0. The Morgan fingerprint density at radius 3 is 2.75 bits per heavy atom. The number of ether oxygens (including phenoxy) is 1. The number of guanidine groups is 1. The number of halogens is 3. The van der Waals surface area contributed by atoms with E-state index in [-0.39, 0.29) is 18.2 Å². The molecule has 0 saturated carbocycles. The molecule has 156 valence electrons. The van der Waals surface area contributed by atoms with Crippen LogP contribution in [0.4, 0.5) is 13.2 Å². The normalized spacial score (nSPS) is 15.1. The van der Waals surface area contributed by atoms with E-state index in [9.17, 15) is 18.0 Å². The van der Waals surface area contributed by atoms with Crippen LogP contribution < -0.4 is 15.4 Å². The maximum absolute atomic E-state index is 12.4. The van der Waals surface area contributed by atoms with Crippen LogP contribution in [0, 0.1) is 0 Å². The number of para-hydroxylation sites is 1. The molecule has 28 heavy (non-hydrogen) atoms. The Morgan fingerprint density at radius 2 is 2.07 bits per heavy atom. The van der Waals surface area contributed by atoms with E-state index in [2.05, 4.69) is 15.6 Å². The highest BCUT2D eigenvalue weighted by Gasteiger charge is 2.28. The van der Waals surface area contributed by atoms with Crippen molar-refractivity contribution in [2.24, 2.45) is 4.99 Å². The topological polar surface area (TPSA) is 66.0 Å². The van der Waals surface area contributed by atoms with E-state index in [4.69, 9.17) is 4.74 Å². The van der Waals surface area contributed by atoms with Crippen LogP contribution >= 0.6 is 0 Å². The van der Waals surface area contributed by atoms with Crippen LogP contribution in [-0.2, 0) is 11.3 Å². The zero-order valence-electron chi connectivity index (χ0n) is 16.0. The third-order valence-corrected chi connectivity index (χ3v) is 4.18. The molecule has 0 aromatic heterocycles. The Labute approximate surface area is 163 Å². The summed E-state index contributed by atoms with van der Waals surface area (Å²) in [7, 11) is 0. The number of hydrogen-bond donors (Lipinski definition) is 2. The van der Waals surface area contributed by atoms with E-state index >= 15 is 0 Å². The van der Waals surface area contributed by atoms with Crippen molar-refractivity contribution in [2.75, 3.05) is 32.8 Å². The highest BCUT2D eigenvalue weighted by Crippen LogP contribution is 2.22. The van der Waals surface area contributed by atoms with Gasteiger partial charge in [-0.15, -0.1) is 0 Å². The van der Waals surface area contributed by atoms with E-state index in [0.717, 1.165) is 19.4 Å². The predicted octanol–water partition coefficient (Wildman–Crippen LogP) is 2.70. The first-order chi connectivity index (χ1) is 13.4. The lowest BCUT2D eigenvalue weighted by atomic mass is 10.2. The number of carbonyl (C=O) groups excluding carboxylic acids is 1. The second-order valence-electron chi connectivity index (χ2n) is 6.47. The molecule has 1 aromatic carbocycles. The number of benzene rings is 1. The zero-order valence-corrected chi connectivity index (χ0v) is 16.0. The number of nitrogens with one attached hydrogen (secondary N) is 2. The molecule has 1 saturated heterocycles. The molecule has 1 amide bonds. The van der Waals surface area contributed by atoms with Crippen molar-refractivity contribution in [2.45, 2.75) is 38.9 Å². The van der Waals surface area contributed by atoms with Gasteiger partial charge in [-0.2, -0.15) is 13.2 Å². The van der Waals surface area contributed by atoms with E-state index in [0.29, 0.717) is 37.6 Å². The summed E-state index contributed by atoms with van der Waals surface area (Å²) in [5.41, 5.74) is 0.576. The zero-order chi connectivity index (χ0) is 20.4. The number of hydrogen-bond acceptors (Lipinski definition) is 3. The molecule has 6 nitrogen and oxygen atoms in total. The first kappa shape index (κ1) is 21.8. The van der Waals surface area contributed by atoms with Gasteiger partial charge in [-0.25, -0.2) is 4.99 Å². The van der Waals surface area contributed by atoms with Gasteiger partial charge in [0.05, 0.1) is 6.54 Å². The summed E-state index contributed by atoms with van der Waals surface area (Å²) in [6.45, 7) is 3.61. The standard InChI is InChI=1S/C19H27F3N4O2/c1-2-23-18(24-10-6-12-26-11-5-9-17(26)27)25-13-15-7-3-4-8-16(15)28-14-19(20,21)22/h3-4,7-8H,2,5-6,9-14H2,1H3,(H2,23,24,25). The van der Waals surface area contributed by atoms with Gasteiger partial charge < -0.3 is 20.3 Å². The first-order valence-electron chi connectivity index (χ1n) is 9.46. The van der Waals surface area contributed by atoms with Gasteiger partial charge in [0.15, 0.2) is 12.6 Å². The largest absolute Gasteiger partial charge is 0.484 e. The van der Waals surface area contributed by atoms with Gasteiger partial charge in [-0.05, 0) is 25.8 Å². The Bertz CT molecular complexity index is 665.